The number of carbonyl (C=O) groups excluding carboxylic acids is 1. The molecule has 0 saturated carbocycles. The van der Waals surface area contributed by atoms with E-state index in [1.165, 1.54) is 18.2 Å². The summed E-state index contributed by atoms with van der Waals surface area (Å²) in [5.74, 6) is 0.277. The topological polar surface area (TPSA) is 40.5 Å². The van der Waals surface area contributed by atoms with Gasteiger partial charge in [0.25, 0.3) is 5.91 Å². The van der Waals surface area contributed by atoms with Gasteiger partial charge in [0.15, 0.2) is 0 Å². The van der Waals surface area contributed by atoms with Gasteiger partial charge in [0.2, 0.25) is 0 Å². The highest BCUT2D eigenvalue weighted by molar-refractivity contribution is 6.33. The van der Waals surface area contributed by atoms with Gasteiger partial charge in [-0.05, 0) is 30.5 Å². The van der Waals surface area contributed by atoms with E-state index in [9.17, 15) is 9.90 Å². The zero-order valence-corrected chi connectivity index (χ0v) is 11.6. The molecule has 2 rings (SSSR count). The molecule has 0 bridgehead atoms. The van der Waals surface area contributed by atoms with Crippen molar-refractivity contribution in [3.63, 3.8) is 0 Å². The molecule has 18 heavy (non-hydrogen) atoms. The number of aromatic hydroxyl groups is 1. The van der Waals surface area contributed by atoms with Crippen LogP contribution in [0.3, 0.4) is 0 Å². The third-order valence-corrected chi connectivity index (χ3v) is 4.23. The van der Waals surface area contributed by atoms with Gasteiger partial charge < -0.3 is 10.0 Å². The molecule has 1 aliphatic rings. The van der Waals surface area contributed by atoms with Crippen molar-refractivity contribution in [2.45, 2.75) is 18.7 Å². The van der Waals surface area contributed by atoms with Gasteiger partial charge in [-0.25, -0.2) is 0 Å². The van der Waals surface area contributed by atoms with Crippen LogP contribution in [0.25, 0.3) is 0 Å². The number of piperidine rings is 1. The molecule has 1 fully saturated rings. The smallest absolute Gasteiger partial charge is 0.255 e. The van der Waals surface area contributed by atoms with Gasteiger partial charge in [0, 0.05) is 13.1 Å². The number of alkyl halides is 1. The van der Waals surface area contributed by atoms with Crippen molar-refractivity contribution in [3.05, 3.63) is 28.8 Å². The molecule has 0 aliphatic carbocycles. The number of hydrogen-bond donors (Lipinski definition) is 1. The fourth-order valence-corrected chi connectivity index (χ4v) is 2.55. The van der Waals surface area contributed by atoms with E-state index < -0.39 is 0 Å². The summed E-state index contributed by atoms with van der Waals surface area (Å²) in [5.41, 5.74) is 0.329. The number of carbonyl (C=O) groups is 1. The molecular formula is C13H15Cl2NO2. The molecule has 0 spiro atoms. The second kappa shape index (κ2) is 5.37. The average Bonchev–Trinajstić information content (AvgIpc) is 2.35. The number of phenolic OH excluding ortho intramolecular Hbond substituents is 1. The van der Waals surface area contributed by atoms with Crippen molar-refractivity contribution in [1.82, 2.24) is 4.90 Å². The van der Waals surface area contributed by atoms with Crippen LogP contribution in [0.5, 0.6) is 5.75 Å². The monoisotopic (exact) mass is 287 g/mol. The van der Waals surface area contributed by atoms with E-state index >= 15 is 0 Å². The molecule has 1 aromatic carbocycles. The Labute approximate surface area is 116 Å². The number of hydrogen-bond acceptors (Lipinski definition) is 2. The lowest BCUT2D eigenvalue weighted by molar-refractivity contribution is 0.0701. The molecule has 1 heterocycles. The van der Waals surface area contributed by atoms with Crippen LogP contribution in [0.1, 0.15) is 23.7 Å². The van der Waals surface area contributed by atoms with Crippen LogP contribution in [0.15, 0.2) is 18.2 Å². The normalized spacial score (nSPS) is 24.1. The average molecular weight is 288 g/mol. The van der Waals surface area contributed by atoms with Gasteiger partial charge in [-0.2, -0.15) is 0 Å². The third kappa shape index (κ3) is 2.73. The summed E-state index contributed by atoms with van der Waals surface area (Å²) in [7, 11) is 0. The Morgan fingerprint density at radius 3 is 2.89 bits per heavy atom. The lowest BCUT2D eigenvalue weighted by atomic mass is 9.98. The highest BCUT2D eigenvalue weighted by Crippen LogP contribution is 2.26. The third-order valence-electron chi connectivity index (χ3n) is 3.33. The van der Waals surface area contributed by atoms with Crippen LogP contribution in [-0.2, 0) is 0 Å². The van der Waals surface area contributed by atoms with Gasteiger partial charge in [0.1, 0.15) is 5.75 Å². The van der Waals surface area contributed by atoms with E-state index in [-0.39, 0.29) is 17.0 Å². The van der Waals surface area contributed by atoms with E-state index in [2.05, 4.69) is 6.92 Å². The second-order valence-electron chi connectivity index (χ2n) is 4.70. The summed E-state index contributed by atoms with van der Waals surface area (Å²) in [6.07, 6.45) is 0.885. The van der Waals surface area contributed by atoms with Gasteiger partial charge >= 0.3 is 0 Å². The molecule has 3 nitrogen and oxygen atoms in total. The first kappa shape index (κ1) is 13.5. The summed E-state index contributed by atoms with van der Waals surface area (Å²) in [6.45, 7) is 3.28. The van der Waals surface area contributed by atoms with Crippen LogP contribution >= 0.6 is 23.2 Å². The first-order valence-electron chi connectivity index (χ1n) is 5.91. The van der Waals surface area contributed by atoms with Gasteiger partial charge in [-0.1, -0.05) is 18.5 Å². The maximum Gasteiger partial charge on any atom is 0.255 e. The predicted octanol–water partition coefficient (Wildman–Crippen LogP) is 3.14. The van der Waals surface area contributed by atoms with Crippen molar-refractivity contribution >= 4 is 29.1 Å². The Kier molecular flexibility index (Phi) is 4.03. The van der Waals surface area contributed by atoms with E-state index in [4.69, 9.17) is 23.2 Å². The molecule has 1 N–H and O–H groups in total. The van der Waals surface area contributed by atoms with Gasteiger partial charge in [-0.3, -0.25) is 4.79 Å². The zero-order valence-electron chi connectivity index (χ0n) is 10.1. The Morgan fingerprint density at radius 1 is 1.50 bits per heavy atom. The zero-order chi connectivity index (χ0) is 13.3. The Morgan fingerprint density at radius 2 is 2.22 bits per heavy atom. The van der Waals surface area contributed by atoms with E-state index in [0.717, 1.165) is 6.42 Å². The fraction of sp³-hybridized carbons (Fsp3) is 0.462. The van der Waals surface area contributed by atoms with Crippen LogP contribution in [0, 0.1) is 5.92 Å². The molecule has 0 aromatic heterocycles. The maximum atomic E-state index is 12.3. The summed E-state index contributed by atoms with van der Waals surface area (Å²) < 4.78 is 0. The highest BCUT2D eigenvalue weighted by atomic mass is 35.5. The first-order chi connectivity index (χ1) is 8.49. The number of benzene rings is 1. The molecule has 2 atom stereocenters. The van der Waals surface area contributed by atoms with Gasteiger partial charge in [0.05, 0.1) is 16.0 Å². The van der Waals surface area contributed by atoms with E-state index in [0.29, 0.717) is 29.6 Å². The standard InChI is InChI=1S/C13H15Cl2NO2/c1-8-4-5-16(7-12(8)15)13(18)10-6-9(17)2-3-11(10)14/h2-3,6,8,12,17H,4-5,7H2,1H3. The predicted molar refractivity (Wildman–Crippen MR) is 72.4 cm³/mol. The second-order valence-corrected chi connectivity index (χ2v) is 5.67. The largest absolute Gasteiger partial charge is 0.508 e. The van der Waals surface area contributed by atoms with Crippen molar-refractivity contribution < 1.29 is 9.90 Å². The Bertz CT molecular complexity index is 464. The minimum Gasteiger partial charge on any atom is -0.508 e. The minimum absolute atomic E-state index is 0.0289. The van der Waals surface area contributed by atoms with Crippen LogP contribution < -0.4 is 0 Å². The lowest BCUT2D eigenvalue weighted by Crippen LogP contribution is -2.43. The molecule has 98 valence electrons. The SMILES string of the molecule is CC1CCN(C(=O)c2cc(O)ccc2Cl)CC1Cl. The van der Waals surface area contributed by atoms with Crippen molar-refractivity contribution in [2.24, 2.45) is 5.92 Å². The van der Waals surface area contributed by atoms with Crippen molar-refractivity contribution in [1.29, 1.82) is 0 Å². The van der Waals surface area contributed by atoms with Crippen molar-refractivity contribution in [2.75, 3.05) is 13.1 Å². The van der Waals surface area contributed by atoms with Crippen LogP contribution in [0.4, 0.5) is 0 Å². The fourth-order valence-electron chi connectivity index (χ4n) is 2.05. The quantitative estimate of drug-likeness (QED) is 0.806. The molecule has 5 heteroatoms. The minimum atomic E-state index is -0.173. The summed E-state index contributed by atoms with van der Waals surface area (Å²) in [4.78, 5) is 14.0. The van der Waals surface area contributed by atoms with E-state index in [1.54, 1.807) is 4.90 Å². The number of nitrogens with zero attached hydrogens (tertiary/aromatic N) is 1. The molecule has 1 aliphatic heterocycles. The Hall–Kier alpha value is -0.930. The Balaban J connectivity index is 2.19. The van der Waals surface area contributed by atoms with Crippen molar-refractivity contribution in [3.8, 4) is 5.75 Å². The number of rotatable bonds is 1. The first-order valence-corrected chi connectivity index (χ1v) is 6.72. The molecular weight excluding hydrogens is 273 g/mol. The number of phenols is 1. The van der Waals surface area contributed by atoms with E-state index in [1.807, 2.05) is 0 Å². The molecule has 1 aromatic rings. The van der Waals surface area contributed by atoms with Crippen LogP contribution in [-0.4, -0.2) is 34.4 Å². The van der Waals surface area contributed by atoms with Gasteiger partial charge in [-0.15, -0.1) is 11.6 Å². The number of likely N-dealkylation sites (tertiary alicyclic amines) is 1. The summed E-state index contributed by atoms with van der Waals surface area (Å²) in [5, 5.41) is 9.74. The molecule has 2 unspecified atom stereocenters. The lowest BCUT2D eigenvalue weighted by Gasteiger charge is -2.34. The number of amides is 1. The summed E-state index contributed by atoms with van der Waals surface area (Å²) >= 11 is 12.2. The molecule has 1 saturated heterocycles. The highest BCUT2D eigenvalue weighted by Gasteiger charge is 2.28. The number of halogens is 2. The maximum absolute atomic E-state index is 12.3. The molecule has 1 amide bonds. The van der Waals surface area contributed by atoms with Crippen LogP contribution in [0.2, 0.25) is 5.02 Å². The molecule has 0 radical (unpaired) electrons. The summed E-state index contributed by atoms with van der Waals surface area (Å²) in [6, 6.07) is 4.38.